The molecule has 0 spiro atoms. The molecule has 2 aromatic carbocycles. The van der Waals surface area contributed by atoms with Gasteiger partial charge in [-0.15, -0.1) is 11.3 Å². The minimum Gasteiger partial charge on any atom is -0.493 e. The molecule has 0 radical (unpaired) electrons. The van der Waals surface area contributed by atoms with E-state index in [0.29, 0.717) is 35.4 Å². The summed E-state index contributed by atoms with van der Waals surface area (Å²) in [4.78, 5) is 15.8. The Labute approximate surface area is 167 Å². The van der Waals surface area contributed by atoms with Crippen molar-refractivity contribution in [2.24, 2.45) is 0 Å². The van der Waals surface area contributed by atoms with Crippen molar-refractivity contribution in [1.29, 1.82) is 0 Å². The fourth-order valence-electron chi connectivity index (χ4n) is 2.66. The van der Waals surface area contributed by atoms with Gasteiger partial charge in [0, 0.05) is 5.56 Å². The molecule has 0 saturated carbocycles. The van der Waals surface area contributed by atoms with Crippen LogP contribution in [0.25, 0.3) is 10.6 Å². The van der Waals surface area contributed by atoms with Gasteiger partial charge in [0.15, 0.2) is 11.5 Å². The lowest BCUT2D eigenvalue weighted by Gasteiger charge is -2.13. The summed E-state index contributed by atoms with van der Waals surface area (Å²) in [6, 6.07) is 13.2. The van der Waals surface area contributed by atoms with Crippen LogP contribution in [-0.4, -0.2) is 36.4 Å². The average Bonchev–Trinajstić information content (AvgIpc) is 3.08. The van der Waals surface area contributed by atoms with E-state index in [1.807, 2.05) is 37.3 Å². The number of carboxylic acid groups (broad SMARTS) is 1. The first kappa shape index (κ1) is 19.7. The molecule has 28 heavy (non-hydrogen) atoms. The number of rotatable bonds is 8. The third-order valence-electron chi connectivity index (χ3n) is 4.09. The van der Waals surface area contributed by atoms with Crippen LogP contribution in [0.5, 0.6) is 17.2 Å². The highest BCUT2D eigenvalue weighted by molar-refractivity contribution is 7.17. The molecular formula is C21H21NO5S. The van der Waals surface area contributed by atoms with E-state index in [1.54, 1.807) is 26.2 Å². The van der Waals surface area contributed by atoms with Gasteiger partial charge < -0.3 is 19.3 Å². The summed E-state index contributed by atoms with van der Waals surface area (Å²) in [6.45, 7) is 4.45. The summed E-state index contributed by atoms with van der Waals surface area (Å²) in [5, 5.41) is 9.83. The second kappa shape index (κ2) is 8.75. The van der Waals surface area contributed by atoms with Gasteiger partial charge in [-0.05, 0) is 43.7 Å². The van der Waals surface area contributed by atoms with E-state index in [4.69, 9.17) is 14.2 Å². The van der Waals surface area contributed by atoms with E-state index in [2.05, 4.69) is 4.98 Å². The van der Waals surface area contributed by atoms with E-state index >= 15 is 0 Å². The Kier molecular flexibility index (Phi) is 6.16. The number of aromatic nitrogens is 1. The molecule has 0 unspecified atom stereocenters. The minimum atomic E-state index is -0.971. The van der Waals surface area contributed by atoms with Crippen LogP contribution in [-0.2, 0) is 0 Å². The van der Waals surface area contributed by atoms with Gasteiger partial charge in [-0.3, -0.25) is 0 Å². The topological polar surface area (TPSA) is 77.9 Å². The lowest BCUT2D eigenvalue weighted by atomic mass is 10.2. The number of ether oxygens (including phenoxy) is 3. The van der Waals surface area contributed by atoms with E-state index < -0.39 is 5.97 Å². The van der Waals surface area contributed by atoms with Crippen LogP contribution in [0.15, 0.2) is 42.5 Å². The SMILES string of the molecule is COc1cc(-c2nc(C)c(C(=O)O)s2)ccc1OCCOc1ccccc1C. The van der Waals surface area contributed by atoms with E-state index in [0.717, 1.165) is 28.2 Å². The van der Waals surface area contributed by atoms with Crippen LogP contribution in [0.4, 0.5) is 0 Å². The van der Waals surface area contributed by atoms with Gasteiger partial charge in [0.05, 0.1) is 12.8 Å². The predicted molar refractivity (Wildman–Crippen MR) is 108 cm³/mol. The van der Waals surface area contributed by atoms with Crippen molar-refractivity contribution in [1.82, 2.24) is 4.98 Å². The van der Waals surface area contributed by atoms with Crippen molar-refractivity contribution in [2.75, 3.05) is 20.3 Å². The molecular weight excluding hydrogens is 378 g/mol. The summed E-state index contributed by atoms with van der Waals surface area (Å²) in [7, 11) is 1.56. The van der Waals surface area contributed by atoms with E-state index in [9.17, 15) is 9.90 Å². The normalized spacial score (nSPS) is 10.5. The number of methoxy groups -OCH3 is 1. The maximum Gasteiger partial charge on any atom is 0.347 e. The summed E-state index contributed by atoms with van der Waals surface area (Å²) in [5.74, 6) is 1.01. The van der Waals surface area contributed by atoms with Crippen LogP contribution < -0.4 is 14.2 Å². The molecule has 0 fully saturated rings. The van der Waals surface area contributed by atoms with Gasteiger partial charge in [0.25, 0.3) is 0 Å². The number of para-hydroxylation sites is 1. The first-order valence-electron chi connectivity index (χ1n) is 8.70. The number of benzene rings is 2. The van der Waals surface area contributed by atoms with Crippen LogP contribution >= 0.6 is 11.3 Å². The van der Waals surface area contributed by atoms with Crippen LogP contribution in [0.2, 0.25) is 0 Å². The first-order valence-corrected chi connectivity index (χ1v) is 9.51. The highest BCUT2D eigenvalue weighted by atomic mass is 32.1. The number of hydrogen-bond acceptors (Lipinski definition) is 6. The number of aromatic carboxylic acids is 1. The largest absolute Gasteiger partial charge is 0.493 e. The summed E-state index contributed by atoms with van der Waals surface area (Å²) in [5.41, 5.74) is 2.35. The molecule has 3 aromatic rings. The fraction of sp³-hybridized carbons (Fsp3) is 0.238. The number of carboxylic acids is 1. The molecule has 6 nitrogen and oxygen atoms in total. The Hall–Kier alpha value is -3.06. The number of hydrogen-bond donors (Lipinski definition) is 1. The Bertz CT molecular complexity index is 983. The molecule has 146 valence electrons. The Morgan fingerprint density at radius 2 is 1.75 bits per heavy atom. The number of aryl methyl sites for hydroxylation is 2. The van der Waals surface area contributed by atoms with Gasteiger partial charge in [0.2, 0.25) is 0 Å². The molecule has 0 aliphatic rings. The zero-order valence-corrected chi connectivity index (χ0v) is 16.7. The lowest BCUT2D eigenvalue weighted by molar-refractivity contribution is 0.0701. The van der Waals surface area contributed by atoms with Gasteiger partial charge in [-0.1, -0.05) is 18.2 Å². The number of thiazole rings is 1. The van der Waals surface area contributed by atoms with Gasteiger partial charge in [-0.25, -0.2) is 9.78 Å². The van der Waals surface area contributed by atoms with Crippen molar-refractivity contribution in [3.05, 3.63) is 58.6 Å². The van der Waals surface area contributed by atoms with Crippen LogP contribution in [0, 0.1) is 13.8 Å². The Morgan fingerprint density at radius 1 is 1.04 bits per heavy atom. The molecule has 0 atom stereocenters. The smallest absolute Gasteiger partial charge is 0.347 e. The molecule has 0 amide bonds. The molecule has 0 saturated heterocycles. The van der Waals surface area contributed by atoms with Crippen molar-refractivity contribution >= 4 is 17.3 Å². The van der Waals surface area contributed by atoms with Crippen LogP contribution in [0.1, 0.15) is 20.9 Å². The number of carbonyl (C=O) groups is 1. The van der Waals surface area contributed by atoms with Gasteiger partial charge >= 0.3 is 5.97 Å². The third kappa shape index (κ3) is 4.43. The maximum absolute atomic E-state index is 11.2. The van der Waals surface area contributed by atoms with Crippen molar-refractivity contribution in [2.45, 2.75) is 13.8 Å². The Morgan fingerprint density at radius 3 is 2.39 bits per heavy atom. The van der Waals surface area contributed by atoms with Crippen LogP contribution in [0.3, 0.4) is 0 Å². The maximum atomic E-state index is 11.2. The minimum absolute atomic E-state index is 0.239. The summed E-state index contributed by atoms with van der Waals surface area (Å²) in [6.07, 6.45) is 0. The molecule has 1 aromatic heterocycles. The molecule has 0 aliphatic carbocycles. The van der Waals surface area contributed by atoms with Crippen molar-refractivity contribution in [3.8, 4) is 27.8 Å². The highest BCUT2D eigenvalue weighted by Gasteiger charge is 2.16. The second-order valence-corrected chi connectivity index (χ2v) is 7.07. The zero-order chi connectivity index (χ0) is 20.1. The van der Waals surface area contributed by atoms with Gasteiger partial charge in [-0.2, -0.15) is 0 Å². The summed E-state index contributed by atoms with van der Waals surface area (Å²) < 4.78 is 16.9. The molecule has 0 bridgehead atoms. The van der Waals surface area contributed by atoms with E-state index in [-0.39, 0.29) is 4.88 Å². The molecule has 0 aliphatic heterocycles. The monoisotopic (exact) mass is 399 g/mol. The van der Waals surface area contributed by atoms with Gasteiger partial charge in [0.1, 0.15) is 28.8 Å². The standard InChI is InChI=1S/C21H21NO5S/c1-13-6-4-5-7-16(13)26-10-11-27-17-9-8-15(12-18(17)25-3)20-22-14(2)19(28-20)21(23)24/h4-9,12H,10-11H2,1-3H3,(H,23,24). The molecule has 3 rings (SSSR count). The lowest BCUT2D eigenvalue weighted by Crippen LogP contribution is -2.10. The zero-order valence-electron chi connectivity index (χ0n) is 15.9. The molecule has 7 heteroatoms. The number of nitrogens with zero attached hydrogens (tertiary/aromatic N) is 1. The summed E-state index contributed by atoms with van der Waals surface area (Å²) >= 11 is 1.14. The van der Waals surface area contributed by atoms with Crippen molar-refractivity contribution in [3.63, 3.8) is 0 Å². The first-order chi connectivity index (χ1) is 13.5. The molecule has 1 heterocycles. The second-order valence-electron chi connectivity index (χ2n) is 6.07. The third-order valence-corrected chi connectivity index (χ3v) is 5.29. The van der Waals surface area contributed by atoms with Crippen molar-refractivity contribution < 1.29 is 24.1 Å². The van der Waals surface area contributed by atoms with E-state index in [1.165, 1.54) is 0 Å². The average molecular weight is 399 g/mol. The Balaban J connectivity index is 1.67. The predicted octanol–water partition coefficient (Wildman–Crippen LogP) is 4.59. The highest BCUT2D eigenvalue weighted by Crippen LogP contribution is 2.35. The quantitative estimate of drug-likeness (QED) is 0.558. The molecule has 1 N–H and O–H groups in total. The fourth-order valence-corrected chi connectivity index (χ4v) is 3.56.